The zero-order chi connectivity index (χ0) is 22.1. The summed E-state index contributed by atoms with van der Waals surface area (Å²) in [6, 6.07) is 8.94. The Morgan fingerprint density at radius 1 is 1.09 bits per heavy atom. The molecule has 2 aliphatic rings. The summed E-state index contributed by atoms with van der Waals surface area (Å²) >= 11 is 0. The van der Waals surface area contributed by atoms with E-state index in [0.717, 1.165) is 37.4 Å². The van der Waals surface area contributed by atoms with Gasteiger partial charge in [-0.25, -0.2) is 19.3 Å². The fourth-order valence-corrected chi connectivity index (χ4v) is 4.55. The summed E-state index contributed by atoms with van der Waals surface area (Å²) in [4.78, 5) is 15.6. The van der Waals surface area contributed by atoms with Gasteiger partial charge >= 0.3 is 0 Å². The quantitative estimate of drug-likeness (QED) is 0.607. The SMILES string of the molecule is Cc1ncc(-c2nc(Nc3ccc(C(C)N4CCC4)cc3)ncc2F)n1C1CCOCC1. The van der Waals surface area contributed by atoms with Crippen LogP contribution in [0, 0.1) is 12.7 Å². The second-order valence-corrected chi connectivity index (χ2v) is 8.61. The molecule has 2 aromatic heterocycles. The van der Waals surface area contributed by atoms with Crippen LogP contribution >= 0.6 is 0 Å². The molecule has 3 aromatic rings. The maximum Gasteiger partial charge on any atom is 0.227 e. The highest BCUT2D eigenvalue weighted by Crippen LogP contribution is 2.31. The first-order valence-corrected chi connectivity index (χ1v) is 11.4. The number of hydrogen-bond donors (Lipinski definition) is 1. The van der Waals surface area contributed by atoms with Crippen LogP contribution in [0.2, 0.25) is 0 Å². The van der Waals surface area contributed by atoms with Crippen LogP contribution in [0.15, 0.2) is 36.7 Å². The molecule has 1 aromatic carbocycles. The first kappa shape index (κ1) is 21.0. The van der Waals surface area contributed by atoms with Crippen molar-refractivity contribution < 1.29 is 9.13 Å². The van der Waals surface area contributed by atoms with E-state index in [1.165, 1.54) is 18.2 Å². The van der Waals surface area contributed by atoms with E-state index in [1.54, 1.807) is 6.20 Å². The van der Waals surface area contributed by atoms with Crippen LogP contribution in [-0.4, -0.2) is 50.7 Å². The topological polar surface area (TPSA) is 68.1 Å². The second-order valence-electron chi connectivity index (χ2n) is 8.61. The maximum atomic E-state index is 14.8. The lowest BCUT2D eigenvalue weighted by atomic mass is 10.0. The van der Waals surface area contributed by atoms with Gasteiger partial charge in [-0.15, -0.1) is 0 Å². The molecule has 0 radical (unpaired) electrons. The minimum Gasteiger partial charge on any atom is -0.381 e. The molecule has 1 N–H and O–H groups in total. The lowest BCUT2D eigenvalue weighted by Crippen LogP contribution is -2.38. The number of nitrogens with zero attached hydrogens (tertiary/aromatic N) is 5. The highest BCUT2D eigenvalue weighted by molar-refractivity contribution is 5.60. The Kier molecular flexibility index (Phi) is 5.89. The Bertz CT molecular complexity index is 1070. The molecule has 7 nitrogen and oxygen atoms in total. The predicted molar refractivity (Wildman–Crippen MR) is 121 cm³/mol. The van der Waals surface area contributed by atoms with E-state index in [9.17, 15) is 4.39 Å². The number of ether oxygens (including phenoxy) is 1. The molecule has 4 heterocycles. The van der Waals surface area contributed by atoms with Crippen molar-refractivity contribution >= 4 is 11.6 Å². The Balaban J connectivity index is 1.38. The smallest absolute Gasteiger partial charge is 0.227 e. The lowest BCUT2D eigenvalue weighted by Gasteiger charge is -2.36. The first-order valence-electron chi connectivity index (χ1n) is 11.4. The number of aryl methyl sites for hydroxylation is 1. The molecule has 5 rings (SSSR count). The van der Waals surface area contributed by atoms with E-state index >= 15 is 0 Å². The Hall–Kier alpha value is -2.84. The molecule has 0 spiro atoms. The van der Waals surface area contributed by atoms with Crippen molar-refractivity contribution in [2.75, 3.05) is 31.6 Å². The molecular weight excluding hydrogens is 407 g/mol. The normalized spacial score (nSPS) is 18.3. The average molecular weight is 437 g/mol. The third kappa shape index (κ3) is 4.12. The van der Waals surface area contributed by atoms with Gasteiger partial charge in [0.15, 0.2) is 5.82 Å². The van der Waals surface area contributed by atoms with Crippen LogP contribution in [0.1, 0.15) is 49.7 Å². The Labute approximate surface area is 187 Å². The van der Waals surface area contributed by atoms with Gasteiger partial charge in [0.25, 0.3) is 0 Å². The van der Waals surface area contributed by atoms with Gasteiger partial charge in [0.2, 0.25) is 5.95 Å². The number of likely N-dealkylation sites (tertiary alicyclic amines) is 1. The average Bonchev–Trinajstić information content (AvgIpc) is 3.16. The van der Waals surface area contributed by atoms with Gasteiger partial charge in [-0.05, 0) is 63.9 Å². The summed E-state index contributed by atoms with van der Waals surface area (Å²) < 4.78 is 22.4. The van der Waals surface area contributed by atoms with Crippen molar-refractivity contribution in [1.82, 2.24) is 24.4 Å². The molecule has 0 aliphatic carbocycles. The largest absolute Gasteiger partial charge is 0.381 e. The molecular formula is C24H29FN6O. The van der Waals surface area contributed by atoms with Crippen molar-refractivity contribution in [1.29, 1.82) is 0 Å². The van der Waals surface area contributed by atoms with Crippen LogP contribution in [-0.2, 0) is 4.74 Å². The van der Waals surface area contributed by atoms with Crippen molar-refractivity contribution in [2.24, 2.45) is 0 Å². The van der Waals surface area contributed by atoms with Gasteiger partial charge in [0.1, 0.15) is 11.5 Å². The van der Waals surface area contributed by atoms with E-state index in [0.29, 0.717) is 30.9 Å². The Morgan fingerprint density at radius 2 is 1.84 bits per heavy atom. The van der Waals surface area contributed by atoms with Gasteiger partial charge in [-0.2, -0.15) is 0 Å². The molecule has 8 heteroatoms. The number of rotatable bonds is 6. The van der Waals surface area contributed by atoms with Gasteiger partial charge in [0, 0.05) is 31.0 Å². The molecule has 1 atom stereocenters. The second kappa shape index (κ2) is 8.96. The van der Waals surface area contributed by atoms with E-state index in [1.807, 2.05) is 19.1 Å². The van der Waals surface area contributed by atoms with Crippen molar-refractivity contribution in [3.8, 4) is 11.4 Å². The summed E-state index contributed by atoms with van der Waals surface area (Å²) in [7, 11) is 0. The highest BCUT2D eigenvalue weighted by atomic mass is 19.1. The number of aromatic nitrogens is 4. The maximum absolute atomic E-state index is 14.8. The summed E-state index contributed by atoms with van der Waals surface area (Å²) in [5, 5.41) is 3.22. The van der Waals surface area contributed by atoms with Crippen LogP contribution in [0.5, 0.6) is 0 Å². The van der Waals surface area contributed by atoms with Crippen LogP contribution < -0.4 is 5.32 Å². The number of halogens is 1. The summed E-state index contributed by atoms with van der Waals surface area (Å²) in [6.45, 7) is 7.91. The Morgan fingerprint density at radius 3 is 2.53 bits per heavy atom. The standard InChI is InChI=1S/C24H29FN6O/c1-16(30-10-3-11-30)18-4-6-19(7-5-18)28-24-27-14-21(25)23(29-24)22-15-26-17(2)31(22)20-8-12-32-13-9-20/h4-7,14-16,20H,3,8-13H2,1-2H3,(H,27,28,29). The third-order valence-corrected chi connectivity index (χ3v) is 6.61. The fraction of sp³-hybridized carbons (Fsp3) is 0.458. The van der Waals surface area contributed by atoms with Crippen molar-refractivity contribution in [3.05, 3.63) is 53.9 Å². The number of hydrogen-bond acceptors (Lipinski definition) is 6. The fourth-order valence-electron chi connectivity index (χ4n) is 4.55. The zero-order valence-corrected chi connectivity index (χ0v) is 18.6. The minimum absolute atomic E-state index is 0.230. The molecule has 2 aliphatic heterocycles. The molecule has 0 saturated carbocycles. The number of imidazole rings is 1. The molecule has 32 heavy (non-hydrogen) atoms. The lowest BCUT2D eigenvalue weighted by molar-refractivity contribution is 0.0694. The number of anilines is 2. The third-order valence-electron chi connectivity index (χ3n) is 6.61. The summed E-state index contributed by atoms with van der Waals surface area (Å²) in [5.74, 6) is 0.760. The predicted octanol–water partition coefficient (Wildman–Crippen LogP) is 4.65. The van der Waals surface area contributed by atoms with E-state index in [4.69, 9.17) is 4.74 Å². The monoisotopic (exact) mass is 436 g/mol. The van der Waals surface area contributed by atoms with Gasteiger partial charge in [-0.1, -0.05) is 12.1 Å². The van der Waals surface area contributed by atoms with Crippen LogP contribution in [0.3, 0.4) is 0 Å². The molecule has 2 fully saturated rings. The van der Waals surface area contributed by atoms with E-state index in [2.05, 4.69) is 48.8 Å². The molecule has 2 saturated heterocycles. The van der Waals surface area contributed by atoms with Gasteiger partial charge < -0.3 is 14.6 Å². The van der Waals surface area contributed by atoms with E-state index in [-0.39, 0.29) is 11.7 Å². The van der Waals surface area contributed by atoms with Gasteiger partial charge in [0.05, 0.1) is 18.1 Å². The number of benzene rings is 1. The highest BCUT2D eigenvalue weighted by Gasteiger charge is 2.24. The van der Waals surface area contributed by atoms with Gasteiger partial charge in [-0.3, -0.25) is 4.90 Å². The number of nitrogens with one attached hydrogen (secondary N) is 1. The van der Waals surface area contributed by atoms with E-state index < -0.39 is 5.82 Å². The first-order chi connectivity index (χ1) is 15.6. The van der Waals surface area contributed by atoms with Crippen molar-refractivity contribution in [3.63, 3.8) is 0 Å². The summed E-state index contributed by atoms with van der Waals surface area (Å²) in [5.41, 5.74) is 3.09. The molecule has 0 bridgehead atoms. The summed E-state index contributed by atoms with van der Waals surface area (Å²) in [6.07, 6.45) is 5.96. The molecule has 1 unspecified atom stereocenters. The van der Waals surface area contributed by atoms with Crippen LogP contribution in [0.25, 0.3) is 11.4 Å². The molecule has 0 amide bonds. The molecule has 168 valence electrons. The van der Waals surface area contributed by atoms with Crippen molar-refractivity contribution in [2.45, 2.75) is 45.2 Å². The van der Waals surface area contributed by atoms with Crippen LogP contribution in [0.4, 0.5) is 16.0 Å². The zero-order valence-electron chi connectivity index (χ0n) is 18.6. The minimum atomic E-state index is -0.456.